The fourth-order valence-corrected chi connectivity index (χ4v) is 5.49. The number of hydrogen-bond acceptors (Lipinski definition) is 3. The lowest BCUT2D eigenvalue weighted by Crippen LogP contribution is -2.51. The third kappa shape index (κ3) is 1.70. The second-order valence-corrected chi connectivity index (χ2v) is 9.42. The molecule has 1 aliphatic rings. The van der Waals surface area contributed by atoms with E-state index in [1.54, 1.807) is 26.0 Å². The topological polar surface area (TPSA) is 54.4 Å². The van der Waals surface area contributed by atoms with Crippen molar-refractivity contribution < 1.29 is 13.5 Å². The molecule has 0 saturated carbocycles. The van der Waals surface area contributed by atoms with E-state index >= 15 is 0 Å². The Hall–Kier alpha value is -0.870. The van der Waals surface area contributed by atoms with Crippen LogP contribution in [0.3, 0.4) is 0 Å². The summed E-state index contributed by atoms with van der Waals surface area (Å²) in [7, 11) is -3.51. The fourth-order valence-electron chi connectivity index (χ4n) is 3.23. The highest BCUT2D eigenvalue weighted by atomic mass is 32.2. The smallest absolute Gasteiger partial charge is 0.184 e. The molecule has 20 heavy (non-hydrogen) atoms. The average Bonchev–Trinajstić information content (AvgIpc) is 2.37. The van der Waals surface area contributed by atoms with Crippen molar-refractivity contribution in [1.29, 1.82) is 0 Å². The van der Waals surface area contributed by atoms with Crippen molar-refractivity contribution in [2.45, 2.75) is 63.2 Å². The summed E-state index contributed by atoms with van der Waals surface area (Å²) >= 11 is 0. The summed E-state index contributed by atoms with van der Waals surface area (Å²) in [5.41, 5.74) is 0.946. The first kappa shape index (κ1) is 15.5. The van der Waals surface area contributed by atoms with Crippen LogP contribution >= 0.6 is 0 Å². The summed E-state index contributed by atoms with van der Waals surface area (Å²) in [5.74, 6) is -0.210. The Balaban J connectivity index is 2.93. The SMILES string of the molecule is Cc1cccc2c1C(C)C(O)C(C)(C)C(C)(C)S2(=O)=O. The molecule has 0 amide bonds. The van der Waals surface area contributed by atoms with Gasteiger partial charge in [-0.25, -0.2) is 8.42 Å². The first-order valence-electron chi connectivity index (χ1n) is 6.98. The molecule has 112 valence electrons. The van der Waals surface area contributed by atoms with Gasteiger partial charge in [0.25, 0.3) is 0 Å². The van der Waals surface area contributed by atoms with Gasteiger partial charge in [-0.05, 0) is 38.0 Å². The van der Waals surface area contributed by atoms with E-state index in [1.807, 2.05) is 33.8 Å². The van der Waals surface area contributed by atoms with E-state index in [2.05, 4.69) is 0 Å². The summed E-state index contributed by atoms with van der Waals surface area (Å²) < 4.78 is 25.2. The molecule has 0 radical (unpaired) electrons. The van der Waals surface area contributed by atoms with Gasteiger partial charge in [-0.2, -0.15) is 0 Å². The number of aliphatic hydroxyl groups excluding tert-OH is 1. The van der Waals surface area contributed by atoms with Gasteiger partial charge in [0.05, 0.1) is 15.7 Å². The van der Waals surface area contributed by atoms with E-state index in [0.29, 0.717) is 4.90 Å². The maximum atomic E-state index is 13.1. The first-order valence-corrected chi connectivity index (χ1v) is 8.46. The van der Waals surface area contributed by atoms with Gasteiger partial charge < -0.3 is 5.11 Å². The minimum absolute atomic E-state index is 0.210. The summed E-state index contributed by atoms with van der Waals surface area (Å²) in [6.45, 7) is 10.9. The zero-order valence-electron chi connectivity index (χ0n) is 13.1. The largest absolute Gasteiger partial charge is 0.392 e. The van der Waals surface area contributed by atoms with Crippen LogP contribution in [0, 0.1) is 12.3 Å². The lowest BCUT2D eigenvalue weighted by atomic mass is 9.70. The van der Waals surface area contributed by atoms with Crippen molar-refractivity contribution in [2.75, 3.05) is 0 Å². The van der Waals surface area contributed by atoms with Crippen LogP contribution in [0.15, 0.2) is 23.1 Å². The zero-order valence-corrected chi connectivity index (χ0v) is 13.9. The molecule has 2 rings (SSSR count). The monoisotopic (exact) mass is 296 g/mol. The zero-order chi connectivity index (χ0) is 15.5. The molecule has 1 heterocycles. The Morgan fingerprint density at radius 3 is 2.25 bits per heavy atom. The molecule has 1 aromatic rings. The molecule has 1 aromatic carbocycles. The third-order valence-electron chi connectivity index (χ3n) is 5.47. The molecule has 2 unspecified atom stereocenters. The molecular formula is C16H24O3S. The molecule has 0 saturated heterocycles. The van der Waals surface area contributed by atoms with E-state index in [4.69, 9.17) is 0 Å². The van der Waals surface area contributed by atoms with E-state index in [-0.39, 0.29) is 5.92 Å². The predicted octanol–water partition coefficient (Wildman–Crippen LogP) is 3.05. The van der Waals surface area contributed by atoms with Crippen molar-refractivity contribution in [3.8, 4) is 0 Å². The van der Waals surface area contributed by atoms with Crippen LogP contribution in [0.5, 0.6) is 0 Å². The Bertz CT molecular complexity index is 642. The summed E-state index contributed by atoms with van der Waals surface area (Å²) in [6.07, 6.45) is -0.713. The average molecular weight is 296 g/mol. The van der Waals surface area contributed by atoms with Gasteiger partial charge in [0, 0.05) is 11.3 Å². The van der Waals surface area contributed by atoms with Crippen LogP contribution in [0.2, 0.25) is 0 Å². The maximum Gasteiger partial charge on any atom is 0.184 e. The molecule has 1 aliphatic heterocycles. The van der Waals surface area contributed by atoms with Crippen LogP contribution < -0.4 is 0 Å². The van der Waals surface area contributed by atoms with Crippen molar-refractivity contribution in [3.63, 3.8) is 0 Å². The summed E-state index contributed by atoms with van der Waals surface area (Å²) in [5, 5.41) is 10.8. The minimum Gasteiger partial charge on any atom is -0.392 e. The number of aryl methyl sites for hydroxylation is 1. The molecule has 4 heteroatoms. The summed E-state index contributed by atoms with van der Waals surface area (Å²) in [4.78, 5) is 0.375. The van der Waals surface area contributed by atoms with Crippen molar-refractivity contribution in [2.24, 2.45) is 5.41 Å². The number of benzene rings is 1. The lowest BCUT2D eigenvalue weighted by Gasteiger charge is -2.43. The van der Waals surface area contributed by atoms with Gasteiger partial charge in [0.1, 0.15) is 0 Å². The second-order valence-electron chi connectivity index (χ2n) is 6.96. The normalized spacial score (nSPS) is 30.4. The van der Waals surface area contributed by atoms with Crippen molar-refractivity contribution >= 4 is 9.84 Å². The Labute approximate surface area is 121 Å². The van der Waals surface area contributed by atoms with Crippen molar-refractivity contribution in [3.05, 3.63) is 29.3 Å². The van der Waals surface area contributed by atoms with E-state index < -0.39 is 26.1 Å². The van der Waals surface area contributed by atoms with E-state index in [1.165, 1.54) is 0 Å². The Morgan fingerprint density at radius 2 is 1.70 bits per heavy atom. The highest BCUT2D eigenvalue weighted by molar-refractivity contribution is 7.93. The van der Waals surface area contributed by atoms with Crippen LogP contribution in [0.25, 0.3) is 0 Å². The first-order chi connectivity index (χ1) is 8.96. The Kier molecular flexibility index (Phi) is 3.34. The van der Waals surface area contributed by atoms with Gasteiger partial charge >= 0.3 is 0 Å². The van der Waals surface area contributed by atoms with Crippen LogP contribution in [0.1, 0.15) is 51.7 Å². The Morgan fingerprint density at radius 1 is 1.15 bits per heavy atom. The van der Waals surface area contributed by atoms with Gasteiger partial charge in [-0.3, -0.25) is 0 Å². The molecule has 2 atom stereocenters. The number of sulfone groups is 1. The van der Waals surface area contributed by atoms with Crippen LogP contribution in [-0.2, 0) is 9.84 Å². The van der Waals surface area contributed by atoms with Crippen molar-refractivity contribution in [1.82, 2.24) is 0 Å². The molecule has 0 bridgehead atoms. The van der Waals surface area contributed by atoms with E-state index in [0.717, 1.165) is 11.1 Å². The summed E-state index contributed by atoms with van der Waals surface area (Å²) in [6, 6.07) is 5.35. The molecule has 0 aromatic heterocycles. The number of hydrogen-bond donors (Lipinski definition) is 1. The van der Waals surface area contributed by atoms with E-state index in [9.17, 15) is 13.5 Å². The van der Waals surface area contributed by atoms with Gasteiger partial charge in [0.2, 0.25) is 0 Å². The fraction of sp³-hybridized carbons (Fsp3) is 0.625. The predicted molar refractivity (Wildman–Crippen MR) is 80.6 cm³/mol. The second kappa shape index (κ2) is 4.31. The molecule has 3 nitrogen and oxygen atoms in total. The molecule has 1 N–H and O–H groups in total. The quantitative estimate of drug-likeness (QED) is 0.800. The van der Waals surface area contributed by atoms with Gasteiger partial charge in [-0.1, -0.05) is 32.9 Å². The van der Waals surface area contributed by atoms with Gasteiger partial charge in [0.15, 0.2) is 9.84 Å². The number of fused-ring (bicyclic) bond motifs is 1. The minimum atomic E-state index is -3.51. The maximum absolute atomic E-state index is 13.1. The standard InChI is InChI=1S/C16H24O3S/c1-10-8-7-9-12-13(10)11(2)14(17)15(3,4)16(5,6)20(12,18)19/h7-9,11,14,17H,1-6H3. The highest BCUT2D eigenvalue weighted by Crippen LogP contribution is 2.51. The highest BCUT2D eigenvalue weighted by Gasteiger charge is 2.56. The third-order valence-corrected chi connectivity index (χ3v) is 8.27. The van der Waals surface area contributed by atoms with Crippen LogP contribution in [-0.4, -0.2) is 24.4 Å². The molecule has 0 spiro atoms. The van der Waals surface area contributed by atoms with Crippen LogP contribution in [0.4, 0.5) is 0 Å². The lowest BCUT2D eigenvalue weighted by molar-refractivity contribution is 0.0117. The molecular weight excluding hydrogens is 272 g/mol. The molecule has 0 fully saturated rings. The molecule has 0 aliphatic carbocycles. The number of rotatable bonds is 0. The number of aliphatic hydroxyl groups is 1. The van der Waals surface area contributed by atoms with Gasteiger partial charge in [-0.15, -0.1) is 0 Å².